The molecule has 1 heterocycles. The van der Waals surface area contributed by atoms with Gasteiger partial charge in [0.15, 0.2) is 0 Å². The Morgan fingerprint density at radius 2 is 2.12 bits per heavy atom. The van der Waals surface area contributed by atoms with Crippen LogP contribution in [0.2, 0.25) is 0 Å². The third-order valence-electron chi connectivity index (χ3n) is 2.16. The summed E-state index contributed by atoms with van der Waals surface area (Å²) >= 11 is 0. The van der Waals surface area contributed by atoms with Gasteiger partial charge in [0.1, 0.15) is 6.33 Å². The second-order valence-electron chi connectivity index (χ2n) is 3.44. The third-order valence-corrected chi connectivity index (χ3v) is 2.16. The molecule has 0 radical (unpaired) electrons. The number of nitrogens with two attached hydrogens (primary N) is 2. The highest BCUT2D eigenvalue weighted by atomic mass is 16.2. The van der Waals surface area contributed by atoms with Gasteiger partial charge >= 0.3 is 0 Å². The molecule has 4 N–H and O–H groups in total. The van der Waals surface area contributed by atoms with Crippen molar-refractivity contribution in [3.8, 4) is 0 Å². The molecule has 2 rings (SSSR count). The molecule has 0 unspecified atom stereocenters. The minimum absolute atomic E-state index is 0.0552. The van der Waals surface area contributed by atoms with Crippen molar-refractivity contribution in [2.45, 2.75) is 6.92 Å². The molecule has 0 aliphatic rings. The summed E-state index contributed by atoms with van der Waals surface area (Å²) in [6, 6.07) is 5.22. The van der Waals surface area contributed by atoms with E-state index in [9.17, 15) is 4.79 Å². The predicted octanol–water partition coefficient (Wildman–Crippen LogP) is 0.439. The zero-order valence-corrected chi connectivity index (χ0v) is 8.71. The molecular formula is C10H11N5O. The third kappa shape index (κ3) is 1.72. The largest absolute Gasteiger partial charge is 0.398 e. The van der Waals surface area contributed by atoms with E-state index in [2.05, 4.69) is 10.1 Å². The van der Waals surface area contributed by atoms with Crippen LogP contribution in [0.15, 0.2) is 24.5 Å². The molecule has 0 atom stereocenters. The van der Waals surface area contributed by atoms with E-state index in [0.29, 0.717) is 11.3 Å². The Morgan fingerprint density at radius 1 is 1.38 bits per heavy atom. The molecule has 0 saturated heterocycles. The molecule has 6 nitrogen and oxygen atoms in total. The Morgan fingerprint density at radius 3 is 2.75 bits per heavy atom. The van der Waals surface area contributed by atoms with Crippen molar-refractivity contribution in [1.29, 1.82) is 0 Å². The van der Waals surface area contributed by atoms with E-state index in [1.807, 2.05) is 13.0 Å². The molecule has 0 bridgehead atoms. The number of nitrogens with zero attached hydrogens (tertiary/aromatic N) is 3. The zero-order valence-electron chi connectivity index (χ0n) is 8.71. The molecule has 0 aliphatic heterocycles. The lowest BCUT2D eigenvalue weighted by molar-refractivity contribution is 0.0946. The molecule has 0 spiro atoms. The maximum Gasteiger partial charge on any atom is 0.281 e. The second kappa shape index (κ2) is 3.65. The smallest absolute Gasteiger partial charge is 0.281 e. The Balaban J connectivity index is 2.45. The number of aryl methyl sites for hydroxylation is 1. The highest BCUT2D eigenvalue weighted by Gasteiger charge is 2.13. The highest BCUT2D eigenvalue weighted by Crippen LogP contribution is 2.14. The maximum absolute atomic E-state index is 12.0. The van der Waals surface area contributed by atoms with E-state index in [-0.39, 0.29) is 11.9 Å². The van der Waals surface area contributed by atoms with Crippen molar-refractivity contribution in [2.24, 2.45) is 0 Å². The molecule has 2 aromatic rings. The molecule has 0 fully saturated rings. The van der Waals surface area contributed by atoms with E-state index in [1.54, 1.807) is 12.1 Å². The first-order chi connectivity index (χ1) is 7.58. The van der Waals surface area contributed by atoms with Crippen molar-refractivity contribution >= 4 is 17.5 Å². The Bertz CT molecular complexity index is 546. The molecule has 16 heavy (non-hydrogen) atoms. The molecule has 1 aromatic carbocycles. The van der Waals surface area contributed by atoms with E-state index >= 15 is 0 Å². The van der Waals surface area contributed by atoms with Gasteiger partial charge in [0.05, 0.1) is 5.56 Å². The van der Waals surface area contributed by atoms with Gasteiger partial charge in [-0.1, -0.05) is 11.6 Å². The molecule has 6 heteroatoms. The fourth-order valence-electron chi connectivity index (χ4n) is 1.35. The van der Waals surface area contributed by atoms with Crippen molar-refractivity contribution in [3.63, 3.8) is 0 Å². The molecule has 1 aromatic heterocycles. The van der Waals surface area contributed by atoms with Gasteiger partial charge in [-0.05, 0) is 19.1 Å². The monoisotopic (exact) mass is 217 g/mol. The average molecular weight is 217 g/mol. The van der Waals surface area contributed by atoms with Crippen LogP contribution >= 0.6 is 0 Å². The minimum Gasteiger partial charge on any atom is -0.398 e. The van der Waals surface area contributed by atoms with Gasteiger partial charge in [0.2, 0.25) is 5.95 Å². The number of carbonyl (C=O) groups excluding carboxylic acids is 1. The quantitative estimate of drug-likeness (QED) is 0.675. The zero-order chi connectivity index (χ0) is 11.7. The normalized spacial score (nSPS) is 10.3. The van der Waals surface area contributed by atoms with Crippen LogP contribution < -0.4 is 11.5 Å². The summed E-state index contributed by atoms with van der Waals surface area (Å²) in [6.07, 6.45) is 1.26. The average Bonchev–Trinajstić information content (AvgIpc) is 2.67. The molecule has 0 aliphatic carbocycles. The van der Waals surface area contributed by atoms with Crippen LogP contribution in [0.25, 0.3) is 0 Å². The number of rotatable bonds is 1. The van der Waals surface area contributed by atoms with E-state index < -0.39 is 0 Å². The van der Waals surface area contributed by atoms with E-state index in [4.69, 9.17) is 11.5 Å². The fraction of sp³-hybridized carbons (Fsp3) is 0.100. The van der Waals surface area contributed by atoms with E-state index in [1.165, 1.54) is 6.33 Å². The summed E-state index contributed by atoms with van der Waals surface area (Å²) < 4.78 is 1.07. The number of hydrogen-bond acceptors (Lipinski definition) is 5. The number of anilines is 2. The summed E-state index contributed by atoms with van der Waals surface area (Å²) in [6.45, 7) is 1.88. The second-order valence-corrected chi connectivity index (χ2v) is 3.44. The standard InChI is InChI=1S/C10H11N5O/c1-6-2-3-8(11)7(4-6)9(16)15-5-13-10(12)14-15/h2-5H,11H2,1H3,(H2,12,14). The fourth-order valence-corrected chi connectivity index (χ4v) is 1.35. The lowest BCUT2D eigenvalue weighted by Gasteiger charge is -2.04. The van der Waals surface area contributed by atoms with Crippen LogP contribution in [0.1, 0.15) is 15.9 Å². The Kier molecular flexibility index (Phi) is 2.32. The topological polar surface area (TPSA) is 99.8 Å². The SMILES string of the molecule is Cc1ccc(N)c(C(=O)n2cnc(N)n2)c1. The Labute approximate surface area is 91.9 Å². The molecule has 0 amide bonds. The van der Waals surface area contributed by atoms with Gasteiger partial charge in [-0.25, -0.2) is 4.98 Å². The first-order valence-electron chi connectivity index (χ1n) is 4.66. The lowest BCUT2D eigenvalue weighted by atomic mass is 10.1. The number of carbonyl (C=O) groups is 1. The van der Waals surface area contributed by atoms with Crippen LogP contribution in [0, 0.1) is 6.92 Å². The highest BCUT2D eigenvalue weighted by molar-refractivity contribution is 6.00. The first kappa shape index (κ1) is 10.2. The number of aromatic nitrogens is 3. The van der Waals surface area contributed by atoms with Crippen LogP contribution in [0.5, 0.6) is 0 Å². The van der Waals surface area contributed by atoms with Crippen molar-refractivity contribution in [1.82, 2.24) is 14.8 Å². The summed E-state index contributed by atoms with van der Waals surface area (Å²) in [7, 11) is 0. The van der Waals surface area contributed by atoms with Gasteiger partial charge in [0, 0.05) is 5.69 Å². The van der Waals surface area contributed by atoms with Gasteiger partial charge < -0.3 is 11.5 Å². The van der Waals surface area contributed by atoms with Gasteiger partial charge in [-0.15, -0.1) is 5.10 Å². The van der Waals surface area contributed by atoms with Crippen molar-refractivity contribution < 1.29 is 4.79 Å². The number of benzene rings is 1. The van der Waals surface area contributed by atoms with Crippen molar-refractivity contribution in [2.75, 3.05) is 11.5 Å². The predicted molar refractivity (Wildman–Crippen MR) is 59.8 cm³/mol. The summed E-state index contributed by atoms with van der Waals surface area (Å²) in [5.41, 5.74) is 12.8. The first-order valence-corrected chi connectivity index (χ1v) is 4.66. The van der Waals surface area contributed by atoms with Crippen LogP contribution in [-0.4, -0.2) is 20.7 Å². The van der Waals surface area contributed by atoms with Gasteiger partial charge in [-0.2, -0.15) is 4.68 Å². The van der Waals surface area contributed by atoms with Crippen LogP contribution in [-0.2, 0) is 0 Å². The minimum atomic E-state index is -0.342. The van der Waals surface area contributed by atoms with Crippen LogP contribution in [0.3, 0.4) is 0 Å². The molecule has 82 valence electrons. The van der Waals surface area contributed by atoms with Crippen LogP contribution in [0.4, 0.5) is 11.6 Å². The lowest BCUT2D eigenvalue weighted by Crippen LogP contribution is -2.15. The van der Waals surface area contributed by atoms with Crippen molar-refractivity contribution in [3.05, 3.63) is 35.7 Å². The summed E-state index contributed by atoms with van der Waals surface area (Å²) in [5, 5.41) is 3.74. The number of hydrogen-bond donors (Lipinski definition) is 2. The van der Waals surface area contributed by atoms with E-state index in [0.717, 1.165) is 10.2 Å². The van der Waals surface area contributed by atoms with Gasteiger partial charge in [-0.3, -0.25) is 4.79 Å². The maximum atomic E-state index is 12.0. The summed E-state index contributed by atoms with van der Waals surface area (Å²) in [4.78, 5) is 15.6. The molecule has 0 saturated carbocycles. The Hall–Kier alpha value is -2.37. The summed E-state index contributed by atoms with van der Waals surface area (Å²) in [5.74, 6) is -0.287. The van der Waals surface area contributed by atoms with Gasteiger partial charge in [0.25, 0.3) is 5.91 Å². The molecular weight excluding hydrogens is 206 g/mol. The number of nitrogen functional groups attached to an aromatic ring is 2.